The summed E-state index contributed by atoms with van der Waals surface area (Å²) < 4.78 is 0. The molecule has 28 heavy (non-hydrogen) atoms. The number of benzene rings is 2. The minimum Gasteiger partial charge on any atom is -0.341 e. The van der Waals surface area contributed by atoms with E-state index >= 15 is 0 Å². The van der Waals surface area contributed by atoms with E-state index in [-0.39, 0.29) is 23.7 Å². The summed E-state index contributed by atoms with van der Waals surface area (Å²) in [7, 11) is 1.87. The van der Waals surface area contributed by atoms with Crippen LogP contribution in [-0.4, -0.2) is 23.8 Å². The Hall–Kier alpha value is -2.62. The van der Waals surface area contributed by atoms with E-state index in [0.717, 1.165) is 42.5 Å². The lowest BCUT2D eigenvalue weighted by Gasteiger charge is -2.30. The Bertz CT molecular complexity index is 824. The molecule has 0 heterocycles. The molecule has 1 saturated carbocycles. The maximum absolute atomic E-state index is 12.8. The van der Waals surface area contributed by atoms with Crippen molar-refractivity contribution in [1.29, 1.82) is 0 Å². The van der Waals surface area contributed by atoms with Crippen molar-refractivity contribution < 1.29 is 9.59 Å². The predicted molar refractivity (Wildman–Crippen MR) is 113 cm³/mol. The topological polar surface area (TPSA) is 49.4 Å². The number of carbonyl (C=O) groups is 2. The number of anilines is 1. The van der Waals surface area contributed by atoms with Gasteiger partial charge in [0.2, 0.25) is 11.8 Å². The molecule has 2 aromatic rings. The van der Waals surface area contributed by atoms with Crippen LogP contribution in [0.5, 0.6) is 0 Å². The first-order chi connectivity index (χ1) is 13.4. The van der Waals surface area contributed by atoms with Gasteiger partial charge in [0.1, 0.15) is 0 Å². The number of nitrogens with one attached hydrogen (secondary N) is 1. The van der Waals surface area contributed by atoms with Crippen molar-refractivity contribution in [3.05, 3.63) is 65.2 Å². The maximum atomic E-state index is 12.8. The molecule has 0 aliphatic heterocycles. The molecule has 0 atom stereocenters. The van der Waals surface area contributed by atoms with E-state index < -0.39 is 0 Å². The second-order valence-corrected chi connectivity index (χ2v) is 8.04. The Morgan fingerprint density at radius 3 is 2.25 bits per heavy atom. The van der Waals surface area contributed by atoms with Gasteiger partial charge in [-0.25, -0.2) is 0 Å². The van der Waals surface area contributed by atoms with E-state index in [2.05, 4.69) is 11.4 Å². The zero-order valence-electron chi connectivity index (χ0n) is 17.1. The minimum atomic E-state index is -0.0100. The highest BCUT2D eigenvalue weighted by molar-refractivity contribution is 5.93. The summed E-state index contributed by atoms with van der Waals surface area (Å²) in [5, 5.41) is 3.07. The quantitative estimate of drug-likeness (QED) is 0.819. The average molecular weight is 379 g/mol. The molecule has 1 fully saturated rings. The third kappa shape index (κ3) is 5.00. The van der Waals surface area contributed by atoms with Crippen LogP contribution in [0, 0.1) is 25.7 Å². The molecule has 2 amide bonds. The summed E-state index contributed by atoms with van der Waals surface area (Å²) in [4.78, 5) is 27.2. The van der Waals surface area contributed by atoms with Gasteiger partial charge in [0.05, 0.1) is 0 Å². The molecular weight excluding hydrogens is 348 g/mol. The van der Waals surface area contributed by atoms with E-state index in [9.17, 15) is 9.59 Å². The van der Waals surface area contributed by atoms with E-state index in [1.54, 1.807) is 0 Å². The molecule has 148 valence electrons. The fourth-order valence-electron chi connectivity index (χ4n) is 4.04. The normalized spacial score (nSPS) is 19.1. The van der Waals surface area contributed by atoms with Gasteiger partial charge in [0, 0.05) is 31.1 Å². The second-order valence-electron chi connectivity index (χ2n) is 8.04. The lowest BCUT2D eigenvalue weighted by Crippen LogP contribution is -2.36. The molecule has 0 spiro atoms. The fraction of sp³-hybridized carbons (Fsp3) is 0.417. The van der Waals surface area contributed by atoms with Gasteiger partial charge in [0.15, 0.2) is 0 Å². The van der Waals surface area contributed by atoms with Crippen molar-refractivity contribution >= 4 is 17.5 Å². The van der Waals surface area contributed by atoms with Gasteiger partial charge >= 0.3 is 0 Å². The molecule has 0 aromatic heterocycles. The van der Waals surface area contributed by atoms with Gasteiger partial charge in [0.25, 0.3) is 0 Å². The molecule has 0 bridgehead atoms. The fourth-order valence-corrected chi connectivity index (χ4v) is 4.04. The molecule has 3 rings (SSSR count). The van der Waals surface area contributed by atoms with Crippen LogP contribution in [0.2, 0.25) is 0 Å². The van der Waals surface area contributed by atoms with Crippen molar-refractivity contribution in [1.82, 2.24) is 4.90 Å². The Balaban J connectivity index is 1.50. The summed E-state index contributed by atoms with van der Waals surface area (Å²) in [5.74, 6) is 0.288. The minimum absolute atomic E-state index is 0.0100. The lowest BCUT2D eigenvalue weighted by atomic mass is 9.81. The van der Waals surface area contributed by atoms with Crippen molar-refractivity contribution in [2.75, 3.05) is 12.4 Å². The maximum Gasteiger partial charge on any atom is 0.227 e. The largest absolute Gasteiger partial charge is 0.341 e. The summed E-state index contributed by atoms with van der Waals surface area (Å²) in [6.07, 6.45) is 3.10. The van der Waals surface area contributed by atoms with Crippen molar-refractivity contribution in [2.45, 2.75) is 46.1 Å². The summed E-state index contributed by atoms with van der Waals surface area (Å²) in [5.41, 5.74) is 4.30. The Kier molecular flexibility index (Phi) is 6.50. The molecular formula is C24H30N2O2. The summed E-state index contributed by atoms with van der Waals surface area (Å²) >= 11 is 0. The van der Waals surface area contributed by atoms with Crippen molar-refractivity contribution in [3.8, 4) is 0 Å². The van der Waals surface area contributed by atoms with E-state index in [4.69, 9.17) is 0 Å². The van der Waals surface area contributed by atoms with Crippen LogP contribution < -0.4 is 5.32 Å². The van der Waals surface area contributed by atoms with Crippen molar-refractivity contribution in [3.63, 3.8) is 0 Å². The molecule has 1 N–H and O–H groups in total. The van der Waals surface area contributed by atoms with Gasteiger partial charge in [-0.2, -0.15) is 0 Å². The van der Waals surface area contributed by atoms with E-state index in [1.807, 2.05) is 68.3 Å². The molecule has 1 aliphatic rings. The monoisotopic (exact) mass is 378 g/mol. The number of amides is 2. The molecule has 0 radical (unpaired) electrons. The van der Waals surface area contributed by atoms with Crippen molar-refractivity contribution in [2.24, 2.45) is 11.8 Å². The highest BCUT2D eigenvalue weighted by atomic mass is 16.2. The van der Waals surface area contributed by atoms with Gasteiger partial charge in [-0.05, 0) is 56.7 Å². The van der Waals surface area contributed by atoms with Gasteiger partial charge in [-0.1, -0.05) is 48.0 Å². The summed E-state index contributed by atoms with van der Waals surface area (Å²) in [6, 6.07) is 16.1. The van der Waals surface area contributed by atoms with Gasteiger partial charge in [-0.15, -0.1) is 0 Å². The van der Waals surface area contributed by atoms with Gasteiger partial charge in [-0.3, -0.25) is 9.59 Å². The SMILES string of the molecule is Cc1ccc(NC(=O)C2CCC(C(=O)N(C)Cc3ccccc3)CC2)c(C)c1. The average Bonchev–Trinajstić information content (AvgIpc) is 2.70. The molecule has 4 nitrogen and oxygen atoms in total. The number of carbonyl (C=O) groups excluding carboxylic acids is 2. The molecule has 0 unspecified atom stereocenters. The first kappa shape index (κ1) is 20.1. The highest BCUT2D eigenvalue weighted by Crippen LogP contribution is 2.31. The van der Waals surface area contributed by atoms with Crippen LogP contribution in [0.1, 0.15) is 42.4 Å². The van der Waals surface area contributed by atoms with Crippen LogP contribution in [-0.2, 0) is 16.1 Å². The molecule has 2 aromatic carbocycles. The highest BCUT2D eigenvalue weighted by Gasteiger charge is 2.31. The zero-order chi connectivity index (χ0) is 20.1. The van der Waals surface area contributed by atoms with Crippen LogP contribution in [0.15, 0.2) is 48.5 Å². The third-order valence-corrected chi connectivity index (χ3v) is 5.73. The Morgan fingerprint density at radius 2 is 1.61 bits per heavy atom. The third-order valence-electron chi connectivity index (χ3n) is 5.73. The molecule has 0 saturated heterocycles. The number of rotatable bonds is 5. The van der Waals surface area contributed by atoms with Crippen LogP contribution in [0.25, 0.3) is 0 Å². The first-order valence-electron chi connectivity index (χ1n) is 10.1. The van der Waals surface area contributed by atoms with Crippen LogP contribution in [0.3, 0.4) is 0 Å². The smallest absolute Gasteiger partial charge is 0.227 e. The van der Waals surface area contributed by atoms with Crippen LogP contribution in [0.4, 0.5) is 5.69 Å². The Labute approximate surface area is 167 Å². The van der Waals surface area contributed by atoms with Gasteiger partial charge < -0.3 is 10.2 Å². The zero-order valence-corrected chi connectivity index (χ0v) is 17.1. The first-order valence-corrected chi connectivity index (χ1v) is 10.1. The molecule has 4 heteroatoms. The van der Waals surface area contributed by atoms with Crippen LogP contribution >= 0.6 is 0 Å². The number of hydrogen-bond donors (Lipinski definition) is 1. The molecule has 1 aliphatic carbocycles. The number of aryl methyl sites for hydroxylation is 2. The lowest BCUT2D eigenvalue weighted by molar-refractivity contribution is -0.137. The van der Waals surface area contributed by atoms with E-state index in [1.165, 1.54) is 5.56 Å². The second kappa shape index (κ2) is 9.05. The predicted octanol–water partition coefficient (Wildman–Crippen LogP) is 4.71. The standard InChI is InChI=1S/C24H30N2O2/c1-17-9-14-22(18(2)15-17)25-23(27)20-10-12-21(13-11-20)24(28)26(3)16-19-7-5-4-6-8-19/h4-9,14-15,20-21H,10-13,16H2,1-3H3,(H,25,27). The summed E-state index contributed by atoms with van der Waals surface area (Å²) in [6.45, 7) is 4.69. The van der Waals surface area contributed by atoms with E-state index in [0.29, 0.717) is 6.54 Å². The number of hydrogen-bond acceptors (Lipinski definition) is 2. The Morgan fingerprint density at radius 1 is 0.964 bits per heavy atom. The number of nitrogens with zero attached hydrogens (tertiary/aromatic N) is 1.